The van der Waals surface area contributed by atoms with Crippen molar-refractivity contribution in [2.24, 2.45) is 0 Å². The SMILES string of the molecule is CNc1nc2c(s1)C(c1ccc(F)c(Br)c1)CC(=O)N2. The summed E-state index contributed by atoms with van der Waals surface area (Å²) in [5.41, 5.74) is 0.903. The molecule has 1 amide bonds. The maximum absolute atomic E-state index is 13.4. The smallest absolute Gasteiger partial charge is 0.226 e. The van der Waals surface area contributed by atoms with Crippen LogP contribution in [0.4, 0.5) is 15.3 Å². The van der Waals surface area contributed by atoms with Crippen molar-refractivity contribution in [1.29, 1.82) is 0 Å². The predicted octanol–water partition coefficient (Wildman–Crippen LogP) is 3.56. The quantitative estimate of drug-likeness (QED) is 0.865. The number of anilines is 2. The topological polar surface area (TPSA) is 54.0 Å². The Morgan fingerprint density at radius 3 is 3.05 bits per heavy atom. The lowest BCUT2D eigenvalue weighted by atomic mass is 9.91. The number of fused-ring (bicyclic) bond motifs is 1. The number of aromatic nitrogens is 1. The van der Waals surface area contributed by atoms with Crippen molar-refractivity contribution >= 4 is 44.1 Å². The molecule has 0 aliphatic carbocycles. The molecule has 0 saturated heterocycles. The van der Waals surface area contributed by atoms with Crippen molar-refractivity contribution in [3.05, 3.63) is 38.9 Å². The third-order valence-electron chi connectivity index (χ3n) is 3.18. The number of thiazole rings is 1. The molecule has 1 aromatic heterocycles. The Morgan fingerprint density at radius 2 is 2.35 bits per heavy atom. The summed E-state index contributed by atoms with van der Waals surface area (Å²) in [5.74, 6) is 0.127. The Hall–Kier alpha value is -1.47. The van der Waals surface area contributed by atoms with Gasteiger partial charge in [-0.1, -0.05) is 17.4 Å². The zero-order chi connectivity index (χ0) is 14.3. The number of nitrogens with one attached hydrogen (secondary N) is 2. The Kier molecular flexibility index (Phi) is 3.47. The van der Waals surface area contributed by atoms with Crippen molar-refractivity contribution in [1.82, 2.24) is 4.98 Å². The fraction of sp³-hybridized carbons (Fsp3) is 0.231. The van der Waals surface area contributed by atoms with Crippen LogP contribution in [0.5, 0.6) is 0 Å². The zero-order valence-corrected chi connectivity index (χ0v) is 12.9. The Morgan fingerprint density at radius 1 is 1.55 bits per heavy atom. The van der Waals surface area contributed by atoms with Crippen LogP contribution in [0.15, 0.2) is 22.7 Å². The molecule has 1 aliphatic rings. The first-order valence-corrected chi connectivity index (χ1v) is 7.62. The molecule has 3 rings (SSSR count). The molecule has 20 heavy (non-hydrogen) atoms. The van der Waals surface area contributed by atoms with Gasteiger partial charge >= 0.3 is 0 Å². The molecule has 0 saturated carbocycles. The van der Waals surface area contributed by atoms with Crippen LogP contribution in [0.3, 0.4) is 0 Å². The van der Waals surface area contributed by atoms with Crippen LogP contribution in [-0.4, -0.2) is 17.9 Å². The average Bonchev–Trinajstić information content (AvgIpc) is 2.83. The largest absolute Gasteiger partial charge is 0.365 e. The number of rotatable bonds is 2. The summed E-state index contributed by atoms with van der Waals surface area (Å²) >= 11 is 4.69. The zero-order valence-electron chi connectivity index (χ0n) is 10.5. The van der Waals surface area contributed by atoms with Crippen molar-refractivity contribution in [3.63, 3.8) is 0 Å². The van der Waals surface area contributed by atoms with Gasteiger partial charge in [0.25, 0.3) is 0 Å². The number of carbonyl (C=O) groups excluding carboxylic acids is 1. The van der Waals surface area contributed by atoms with E-state index < -0.39 is 0 Å². The highest BCUT2D eigenvalue weighted by Crippen LogP contribution is 2.42. The number of benzene rings is 1. The van der Waals surface area contributed by atoms with E-state index in [2.05, 4.69) is 31.5 Å². The van der Waals surface area contributed by atoms with Crippen LogP contribution in [-0.2, 0) is 4.79 Å². The molecule has 104 valence electrons. The lowest BCUT2D eigenvalue weighted by Crippen LogP contribution is -2.22. The molecule has 1 aromatic carbocycles. The molecule has 1 unspecified atom stereocenters. The number of halogens is 2. The van der Waals surface area contributed by atoms with Gasteiger partial charge in [-0.3, -0.25) is 4.79 Å². The van der Waals surface area contributed by atoms with Crippen LogP contribution in [0.2, 0.25) is 0 Å². The van der Waals surface area contributed by atoms with Crippen molar-refractivity contribution in [2.45, 2.75) is 12.3 Å². The van der Waals surface area contributed by atoms with E-state index in [1.807, 2.05) is 0 Å². The third kappa shape index (κ3) is 2.31. The van der Waals surface area contributed by atoms with E-state index in [1.54, 1.807) is 19.2 Å². The Balaban J connectivity index is 2.07. The maximum Gasteiger partial charge on any atom is 0.226 e. The first-order chi connectivity index (χ1) is 9.58. The van der Waals surface area contributed by atoms with Gasteiger partial charge in [-0.15, -0.1) is 0 Å². The van der Waals surface area contributed by atoms with E-state index in [0.29, 0.717) is 16.7 Å². The lowest BCUT2D eigenvalue weighted by molar-refractivity contribution is -0.116. The standard InChI is InChI=1S/C13H11BrFN3OS/c1-16-13-18-12-11(20-13)7(5-10(19)17-12)6-2-3-9(15)8(14)4-6/h2-4,7H,5H2,1H3,(H,16,18)(H,17,19). The molecule has 0 radical (unpaired) electrons. The van der Waals surface area contributed by atoms with E-state index >= 15 is 0 Å². The molecule has 4 nitrogen and oxygen atoms in total. The second kappa shape index (κ2) is 5.14. The normalized spacial score (nSPS) is 17.6. The molecule has 7 heteroatoms. The fourth-order valence-corrected chi connectivity index (χ4v) is 3.62. The van der Waals surface area contributed by atoms with Gasteiger partial charge in [0.1, 0.15) is 11.6 Å². The molecule has 2 aromatic rings. The molecule has 1 atom stereocenters. The molecule has 0 spiro atoms. The van der Waals surface area contributed by atoms with Crippen LogP contribution in [0.25, 0.3) is 0 Å². The summed E-state index contributed by atoms with van der Waals surface area (Å²) in [6.45, 7) is 0. The fourth-order valence-electron chi connectivity index (χ4n) is 2.22. The van der Waals surface area contributed by atoms with E-state index in [0.717, 1.165) is 15.6 Å². The minimum atomic E-state index is -0.311. The molecule has 1 aliphatic heterocycles. The van der Waals surface area contributed by atoms with Crippen molar-refractivity contribution in [2.75, 3.05) is 17.7 Å². The summed E-state index contributed by atoms with van der Waals surface area (Å²) in [6.07, 6.45) is 0.344. The average molecular weight is 356 g/mol. The van der Waals surface area contributed by atoms with Crippen LogP contribution in [0, 0.1) is 5.82 Å². The number of nitrogens with zero attached hydrogens (tertiary/aromatic N) is 1. The summed E-state index contributed by atoms with van der Waals surface area (Å²) in [5, 5.41) is 6.51. The second-order valence-corrected chi connectivity index (χ2v) is 6.35. The van der Waals surface area contributed by atoms with Crippen LogP contribution in [0.1, 0.15) is 22.8 Å². The summed E-state index contributed by atoms with van der Waals surface area (Å²) < 4.78 is 13.8. The lowest BCUT2D eigenvalue weighted by Gasteiger charge is -2.21. The van der Waals surface area contributed by atoms with Gasteiger partial charge in [0.05, 0.1) is 9.35 Å². The molecule has 2 N–H and O–H groups in total. The van der Waals surface area contributed by atoms with E-state index in [4.69, 9.17) is 0 Å². The summed E-state index contributed by atoms with van der Waals surface area (Å²) in [6, 6.07) is 4.85. The third-order valence-corrected chi connectivity index (χ3v) is 4.97. The minimum Gasteiger partial charge on any atom is -0.365 e. The maximum atomic E-state index is 13.4. The monoisotopic (exact) mass is 355 g/mol. The number of hydrogen-bond acceptors (Lipinski definition) is 4. The van der Waals surface area contributed by atoms with Gasteiger partial charge < -0.3 is 10.6 Å². The van der Waals surface area contributed by atoms with Crippen molar-refractivity contribution in [3.8, 4) is 0 Å². The van der Waals surface area contributed by atoms with Crippen LogP contribution < -0.4 is 10.6 Å². The van der Waals surface area contributed by atoms with E-state index in [1.165, 1.54) is 17.4 Å². The molecular weight excluding hydrogens is 345 g/mol. The minimum absolute atomic E-state index is 0.0732. The Labute approximate surface area is 127 Å². The predicted molar refractivity (Wildman–Crippen MR) is 80.9 cm³/mol. The first kappa shape index (κ1) is 13.5. The number of carbonyl (C=O) groups is 1. The van der Waals surface area contributed by atoms with Gasteiger partial charge in [0, 0.05) is 19.4 Å². The van der Waals surface area contributed by atoms with Crippen molar-refractivity contribution < 1.29 is 9.18 Å². The molecule has 0 fully saturated rings. The molecular formula is C13H11BrFN3OS. The van der Waals surface area contributed by atoms with Gasteiger partial charge in [0.15, 0.2) is 5.13 Å². The highest BCUT2D eigenvalue weighted by molar-refractivity contribution is 9.10. The van der Waals surface area contributed by atoms with Crippen LogP contribution >= 0.6 is 27.3 Å². The number of amides is 1. The Bertz CT molecular complexity index is 688. The van der Waals surface area contributed by atoms with E-state index in [9.17, 15) is 9.18 Å². The molecule has 2 heterocycles. The number of hydrogen-bond donors (Lipinski definition) is 2. The van der Waals surface area contributed by atoms with E-state index in [-0.39, 0.29) is 17.6 Å². The van der Waals surface area contributed by atoms with Gasteiger partial charge in [-0.25, -0.2) is 9.37 Å². The summed E-state index contributed by atoms with van der Waals surface area (Å²) in [4.78, 5) is 17.1. The highest BCUT2D eigenvalue weighted by atomic mass is 79.9. The van der Waals surface area contributed by atoms with Gasteiger partial charge in [-0.2, -0.15) is 0 Å². The summed E-state index contributed by atoms with van der Waals surface area (Å²) in [7, 11) is 1.79. The van der Waals surface area contributed by atoms with Gasteiger partial charge in [0.2, 0.25) is 5.91 Å². The highest BCUT2D eigenvalue weighted by Gasteiger charge is 2.30. The first-order valence-electron chi connectivity index (χ1n) is 6.01. The molecule has 0 bridgehead atoms. The van der Waals surface area contributed by atoms with Gasteiger partial charge in [-0.05, 0) is 33.6 Å². The second-order valence-electron chi connectivity index (χ2n) is 4.46.